The Kier molecular flexibility index (Phi) is 8.22. The van der Waals surface area contributed by atoms with Gasteiger partial charge in [0, 0.05) is 25.5 Å². The van der Waals surface area contributed by atoms with E-state index in [-0.39, 0.29) is 24.9 Å². The fourth-order valence-corrected chi connectivity index (χ4v) is 3.05. The molecule has 1 aromatic carbocycles. The van der Waals surface area contributed by atoms with Gasteiger partial charge in [0.1, 0.15) is 18.8 Å². The van der Waals surface area contributed by atoms with Gasteiger partial charge in [-0.15, -0.1) is 12.4 Å². The van der Waals surface area contributed by atoms with Gasteiger partial charge in [-0.1, -0.05) is 30.3 Å². The maximum absolute atomic E-state index is 12.9. The topological polar surface area (TPSA) is 91.8 Å². The molecule has 0 aliphatic carbocycles. The van der Waals surface area contributed by atoms with Gasteiger partial charge in [0.25, 0.3) is 0 Å². The van der Waals surface area contributed by atoms with Gasteiger partial charge in [0.15, 0.2) is 0 Å². The first kappa shape index (κ1) is 21.7. The van der Waals surface area contributed by atoms with E-state index in [4.69, 9.17) is 4.74 Å². The highest BCUT2D eigenvalue weighted by Crippen LogP contribution is 2.20. The lowest BCUT2D eigenvalue weighted by atomic mass is 10.0. The Bertz CT molecular complexity index is 755. The molecule has 1 aromatic heterocycles. The summed E-state index contributed by atoms with van der Waals surface area (Å²) >= 11 is 0. The maximum atomic E-state index is 12.9. The van der Waals surface area contributed by atoms with Gasteiger partial charge >= 0.3 is 6.09 Å². The lowest BCUT2D eigenvalue weighted by Crippen LogP contribution is -2.51. The third-order valence-electron chi connectivity index (χ3n) is 4.53. The quantitative estimate of drug-likeness (QED) is 0.770. The molecule has 3 rings (SSSR count). The van der Waals surface area contributed by atoms with Crippen molar-refractivity contribution in [3.8, 4) is 0 Å². The van der Waals surface area contributed by atoms with Crippen LogP contribution in [0.1, 0.15) is 30.1 Å². The third kappa shape index (κ3) is 5.68. The predicted octanol–water partition coefficient (Wildman–Crippen LogP) is 2.45. The number of carbonyl (C=O) groups excluding carboxylic acids is 2. The standard InChI is InChI=1S/C20H23N3O4.ClH/c24-18(16-8-10-21-11-9-16)17(19(25)23-12-4-5-13-23)22-20(26)27-14-15-6-2-1-3-7-15;/h1-3,6-11,17-18,24H,4-5,12-14H2,(H,22,26);1H/t17-,18+;/m1./s1. The molecule has 0 bridgehead atoms. The van der Waals surface area contributed by atoms with Gasteiger partial charge in [0.2, 0.25) is 5.91 Å². The number of alkyl carbamates (subject to hydrolysis) is 1. The number of pyridine rings is 1. The zero-order valence-corrected chi connectivity index (χ0v) is 16.2. The number of halogens is 1. The molecule has 2 heterocycles. The van der Waals surface area contributed by atoms with Gasteiger partial charge in [-0.3, -0.25) is 9.78 Å². The minimum absolute atomic E-state index is 0. The highest BCUT2D eigenvalue weighted by molar-refractivity contribution is 5.86. The second-order valence-corrected chi connectivity index (χ2v) is 6.44. The van der Waals surface area contributed by atoms with E-state index in [2.05, 4.69) is 10.3 Å². The Morgan fingerprint density at radius 3 is 2.39 bits per heavy atom. The van der Waals surface area contributed by atoms with Crippen molar-refractivity contribution in [2.45, 2.75) is 31.6 Å². The fourth-order valence-electron chi connectivity index (χ4n) is 3.05. The number of amides is 2. The number of rotatable bonds is 6. The van der Waals surface area contributed by atoms with Crippen LogP contribution in [-0.2, 0) is 16.1 Å². The van der Waals surface area contributed by atoms with Crippen molar-refractivity contribution in [1.82, 2.24) is 15.2 Å². The number of hydrogen-bond donors (Lipinski definition) is 2. The first-order valence-corrected chi connectivity index (χ1v) is 8.99. The van der Waals surface area contributed by atoms with Crippen molar-refractivity contribution < 1.29 is 19.4 Å². The van der Waals surface area contributed by atoms with E-state index < -0.39 is 18.2 Å². The number of benzene rings is 1. The average molecular weight is 406 g/mol. The van der Waals surface area contributed by atoms with Gasteiger partial charge in [-0.25, -0.2) is 4.79 Å². The number of aromatic nitrogens is 1. The smallest absolute Gasteiger partial charge is 0.408 e. The molecule has 0 unspecified atom stereocenters. The van der Waals surface area contributed by atoms with Gasteiger partial charge in [0.05, 0.1) is 0 Å². The van der Waals surface area contributed by atoms with Crippen LogP contribution in [-0.4, -0.2) is 46.1 Å². The summed E-state index contributed by atoms with van der Waals surface area (Å²) in [5, 5.41) is 13.2. The van der Waals surface area contributed by atoms with Crippen molar-refractivity contribution in [3.05, 3.63) is 66.0 Å². The highest BCUT2D eigenvalue weighted by Gasteiger charge is 2.34. The van der Waals surface area contributed by atoms with Crippen LogP contribution >= 0.6 is 12.4 Å². The van der Waals surface area contributed by atoms with Crippen LogP contribution in [0.25, 0.3) is 0 Å². The molecule has 7 nitrogen and oxygen atoms in total. The Balaban J connectivity index is 0.00000280. The molecule has 0 saturated carbocycles. The summed E-state index contributed by atoms with van der Waals surface area (Å²) in [6, 6.07) is 11.4. The first-order chi connectivity index (χ1) is 13.1. The van der Waals surface area contributed by atoms with Gasteiger partial charge < -0.3 is 20.1 Å². The third-order valence-corrected chi connectivity index (χ3v) is 4.53. The Morgan fingerprint density at radius 2 is 1.75 bits per heavy atom. The second-order valence-electron chi connectivity index (χ2n) is 6.44. The van der Waals surface area contributed by atoms with Crippen molar-refractivity contribution in [3.63, 3.8) is 0 Å². The van der Waals surface area contributed by atoms with Crippen LogP contribution in [0, 0.1) is 0 Å². The number of carbonyl (C=O) groups is 2. The Labute approximate surface area is 170 Å². The number of ether oxygens (including phenoxy) is 1. The van der Waals surface area contributed by atoms with Crippen LogP contribution in [0.3, 0.4) is 0 Å². The summed E-state index contributed by atoms with van der Waals surface area (Å²) in [5.41, 5.74) is 1.34. The number of likely N-dealkylation sites (tertiary alicyclic amines) is 1. The molecule has 2 atom stereocenters. The molecule has 2 amide bonds. The van der Waals surface area contributed by atoms with E-state index in [0.717, 1.165) is 18.4 Å². The van der Waals surface area contributed by atoms with Crippen LogP contribution < -0.4 is 5.32 Å². The first-order valence-electron chi connectivity index (χ1n) is 8.99. The summed E-state index contributed by atoms with van der Waals surface area (Å²) in [7, 11) is 0. The molecule has 8 heteroatoms. The molecule has 2 aromatic rings. The zero-order valence-electron chi connectivity index (χ0n) is 15.4. The average Bonchev–Trinajstić information content (AvgIpc) is 3.26. The van der Waals surface area contributed by atoms with Crippen molar-refractivity contribution in [2.24, 2.45) is 0 Å². The fraction of sp³-hybridized carbons (Fsp3) is 0.350. The Morgan fingerprint density at radius 1 is 1.11 bits per heavy atom. The van der Waals surface area contributed by atoms with E-state index in [1.54, 1.807) is 17.0 Å². The van der Waals surface area contributed by atoms with E-state index in [1.165, 1.54) is 12.4 Å². The number of hydrogen-bond acceptors (Lipinski definition) is 5. The lowest BCUT2D eigenvalue weighted by Gasteiger charge is -2.27. The molecule has 1 aliphatic heterocycles. The molecule has 0 spiro atoms. The van der Waals surface area contributed by atoms with Crippen LogP contribution in [0.4, 0.5) is 4.79 Å². The summed E-state index contributed by atoms with van der Waals surface area (Å²) < 4.78 is 5.21. The van der Waals surface area contributed by atoms with Crippen molar-refractivity contribution in [2.75, 3.05) is 13.1 Å². The van der Waals surface area contributed by atoms with Gasteiger partial charge in [-0.05, 0) is 36.1 Å². The monoisotopic (exact) mass is 405 g/mol. The summed E-state index contributed by atoms with van der Waals surface area (Å²) in [6.45, 7) is 1.33. The molecule has 1 fully saturated rings. The SMILES string of the molecule is Cl.O=C(N[C@@H](C(=O)N1CCCC1)[C@@H](O)c1ccncc1)OCc1ccccc1. The van der Waals surface area contributed by atoms with Crippen LogP contribution in [0.15, 0.2) is 54.9 Å². The number of aliphatic hydroxyl groups is 1. The summed E-state index contributed by atoms with van der Waals surface area (Å²) in [4.78, 5) is 30.7. The minimum Gasteiger partial charge on any atom is -0.445 e. The molecule has 1 saturated heterocycles. The second kappa shape index (κ2) is 10.6. The maximum Gasteiger partial charge on any atom is 0.408 e. The van der Waals surface area contributed by atoms with E-state index >= 15 is 0 Å². The van der Waals surface area contributed by atoms with Crippen LogP contribution in [0.5, 0.6) is 0 Å². The molecular weight excluding hydrogens is 382 g/mol. The Hall–Kier alpha value is -2.64. The molecular formula is C20H24ClN3O4. The van der Waals surface area contributed by atoms with Gasteiger partial charge in [-0.2, -0.15) is 0 Å². The van der Waals surface area contributed by atoms with Crippen LogP contribution in [0.2, 0.25) is 0 Å². The molecule has 2 N–H and O–H groups in total. The van der Waals surface area contributed by atoms with E-state index in [0.29, 0.717) is 18.7 Å². The predicted molar refractivity (Wildman–Crippen MR) is 106 cm³/mol. The molecule has 1 aliphatic rings. The highest BCUT2D eigenvalue weighted by atomic mass is 35.5. The zero-order chi connectivity index (χ0) is 19.1. The van der Waals surface area contributed by atoms with Crippen molar-refractivity contribution in [1.29, 1.82) is 0 Å². The lowest BCUT2D eigenvalue weighted by molar-refractivity contribution is -0.135. The van der Waals surface area contributed by atoms with E-state index in [9.17, 15) is 14.7 Å². The number of nitrogens with zero attached hydrogens (tertiary/aromatic N) is 2. The van der Waals surface area contributed by atoms with Crippen molar-refractivity contribution >= 4 is 24.4 Å². The molecule has 28 heavy (non-hydrogen) atoms. The summed E-state index contributed by atoms with van der Waals surface area (Å²) in [6.07, 6.45) is 2.97. The largest absolute Gasteiger partial charge is 0.445 e. The number of nitrogens with one attached hydrogen (secondary N) is 1. The molecule has 150 valence electrons. The minimum atomic E-state index is -1.19. The molecule has 0 radical (unpaired) electrons. The van der Waals surface area contributed by atoms with E-state index in [1.807, 2.05) is 30.3 Å². The number of aliphatic hydroxyl groups excluding tert-OH is 1. The normalized spacial score (nSPS) is 15.2. The summed E-state index contributed by atoms with van der Waals surface area (Å²) in [5.74, 6) is -0.312.